The number of methoxy groups -OCH3 is 1. The Labute approximate surface area is 153 Å². The van der Waals surface area contributed by atoms with Crippen molar-refractivity contribution in [2.45, 2.75) is 20.4 Å². The fraction of sp³-hybridized carbons (Fsp3) is 0.350. The van der Waals surface area contributed by atoms with E-state index >= 15 is 0 Å². The largest absolute Gasteiger partial charge is 0.496 e. The Morgan fingerprint density at radius 1 is 1.08 bits per heavy atom. The van der Waals surface area contributed by atoms with Crippen molar-refractivity contribution < 1.29 is 14.3 Å². The molecular formula is C20H25NO3S. The van der Waals surface area contributed by atoms with Gasteiger partial charge in [0.05, 0.1) is 19.5 Å². The Morgan fingerprint density at radius 3 is 2.52 bits per heavy atom. The van der Waals surface area contributed by atoms with Gasteiger partial charge in [0.2, 0.25) is 5.91 Å². The van der Waals surface area contributed by atoms with Gasteiger partial charge >= 0.3 is 0 Å². The van der Waals surface area contributed by atoms with Gasteiger partial charge in [0.1, 0.15) is 11.5 Å². The molecule has 1 amide bonds. The molecule has 0 heterocycles. The summed E-state index contributed by atoms with van der Waals surface area (Å²) >= 11 is 1.57. The number of para-hydroxylation sites is 2. The molecule has 0 bridgehead atoms. The summed E-state index contributed by atoms with van der Waals surface area (Å²) in [6.45, 7) is 5.15. The highest BCUT2D eigenvalue weighted by Gasteiger charge is 2.06. The number of amides is 1. The van der Waals surface area contributed by atoms with E-state index in [9.17, 15) is 4.79 Å². The average Bonchev–Trinajstić information content (AvgIpc) is 2.62. The Bertz CT molecular complexity index is 683. The minimum atomic E-state index is 0.0166. The van der Waals surface area contributed by atoms with Gasteiger partial charge in [0, 0.05) is 17.9 Å². The number of nitrogens with one attached hydrogen (secondary N) is 1. The third-order valence-corrected chi connectivity index (χ3v) is 4.71. The maximum atomic E-state index is 11.9. The molecule has 2 aromatic rings. The first kappa shape index (κ1) is 19.2. The van der Waals surface area contributed by atoms with Crippen LogP contribution in [-0.2, 0) is 11.3 Å². The van der Waals surface area contributed by atoms with Crippen LogP contribution in [0.2, 0.25) is 0 Å². The minimum absolute atomic E-state index is 0.0166. The van der Waals surface area contributed by atoms with Gasteiger partial charge in [-0.3, -0.25) is 4.79 Å². The molecule has 25 heavy (non-hydrogen) atoms. The molecule has 0 atom stereocenters. The standard InChI is InChI=1S/C20H25NO3S/c1-15-7-6-8-16(2)20(15)24-11-12-25-14-19(22)21-13-17-9-4-5-10-18(17)23-3/h4-10H,11-14H2,1-3H3,(H,21,22). The highest BCUT2D eigenvalue weighted by molar-refractivity contribution is 7.99. The van der Waals surface area contributed by atoms with E-state index in [4.69, 9.17) is 9.47 Å². The molecule has 0 saturated carbocycles. The predicted octanol–water partition coefficient (Wildman–Crippen LogP) is 3.74. The highest BCUT2D eigenvalue weighted by Crippen LogP contribution is 2.22. The Balaban J connectivity index is 1.66. The Hall–Kier alpha value is -2.14. The summed E-state index contributed by atoms with van der Waals surface area (Å²) in [5.41, 5.74) is 3.25. The van der Waals surface area contributed by atoms with E-state index < -0.39 is 0 Å². The SMILES string of the molecule is COc1ccccc1CNC(=O)CSCCOc1c(C)cccc1C. The molecule has 0 fully saturated rings. The van der Waals surface area contributed by atoms with Crippen LogP contribution in [0.4, 0.5) is 0 Å². The zero-order valence-electron chi connectivity index (χ0n) is 15.0. The lowest BCUT2D eigenvalue weighted by molar-refractivity contribution is -0.118. The first-order valence-corrected chi connectivity index (χ1v) is 9.42. The van der Waals surface area contributed by atoms with Gasteiger partial charge in [0.25, 0.3) is 0 Å². The molecule has 0 aliphatic rings. The lowest BCUT2D eigenvalue weighted by Crippen LogP contribution is -2.25. The van der Waals surface area contributed by atoms with Gasteiger partial charge in [-0.1, -0.05) is 36.4 Å². The Morgan fingerprint density at radius 2 is 1.80 bits per heavy atom. The number of benzene rings is 2. The molecule has 5 heteroatoms. The molecule has 0 spiro atoms. The van der Waals surface area contributed by atoms with Crippen molar-refractivity contribution in [2.24, 2.45) is 0 Å². The molecule has 0 radical (unpaired) electrons. The van der Waals surface area contributed by atoms with Crippen LogP contribution in [0.5, 0.6) is 11.5 Å². The molecule has 1 N–H and O–H groups in total. The zero-order chi connectivity index (χ0) is 18.1. The summed E-state index contributed by atoms with van der Waals surface area (Å²) in [5.74, 6) is 2.95. The maximum Gasteiger partial charge on any atom is 0.230 e. The number of aryl methyl sites for hydroxylation is 2. The van der Waals surface area contributed by atoms with E-state index in [-0.39, 0.29) is 5.91 Å². The van der Waals surface area contributed by atoms with Crippen LogP contribution in [0, 0.1) is 13.8 Å². The molecule has 4 nitrogen and oxygen atoms in total. The first-order valence-electron chi connectivity index (χ1n) is 8.27. The van der Waals surface area contributed by atoms with Gasteiger partial charge in [-0.25, -0.2) is 0 Å². The van der Waals surface area contributed by atoms with Crippen LogP contribution in [0.15, 0.2) is 42.5 Å². The first-order chi connectivity index (χ1) is 12.1. The normalized spacial score (nSPS) is 10.4. The van der Waals surface area contributed by atoms with E-state index in [1.165, 1.54) is 0 Å². The molecule has 0 aromatic heterocycles. The van der Waals surface area contributed by atoms with Gasteiger partial charge in [-0.15, -0.1) is 11.8 Å². The zero-order valence-corrected chi connectivity index (χ0v) is 15.8. The maximum absolute atomic E-state index is 11.9. The Kier molecular flexibility index (Phi) is 7.67. The summed E-state index contributed by atoms with van der Waals surface area (Å²) in [6, 6.07) is 13.8. The summed E-state index contributed by atoms with van der Waals surface area (Å²) in [5, 5.41) is 2.92. The molecule has 0 unspecified atom stereocenters. The molecular weight excluding hydrogens is 334 g/mol. The second-order valence-electron chi connectivity index (χ2n) is 5.71. The van der Waals surface area contributed by atoms with Crippen molar-refractivity contribution in [1.29, 1.82) is 0 Å². The van der Waals surface area contributed by atoms with E-state index in [0.29, 0.717) is 18.9 Å². The summed E-state index contributed by atoms with van der Waals surface area (Å²) in [4.78, 5) is 11.9. The smallest absolute Gasteiger partial charge is 0.230 e. The lowest BCUT2D eigenvalue weighted by Gasteiger charge is -2.12. The molecule has 0 aliphatic heterocycles. The van der Waals surface area contributed by atoms with Gasteiger partial charge in [0.15, 0.2) is 0 Å². The molecule has 2 rings (SSSR count). The molecule has 2 aromatic carbocycles. The highest BCUT2D eigenvalue weighted by atomic mass is 32.2. The number of thioether (sulfide) groups is 1. The second kappa shape index (κ2) is 9.99. The van der Waals surface area contributed by atoms with E-state index in [1.54, 1.807) is 18.9 Å². The quantitative estimate of drug-likeness (QED) is 0.693. The summed E-state index contributed by atoms with van der Waals surface area (Å²) in [6.07, 6.45) is 0. The van der Waals surface area contributed by atoms with Crippen molar-refractivity contribution in [3.05, 3.63) is 59.2 Å². The topological polar surface area (TPSA) is 47.6 Å². The van der Waals surface area contributed by atoms with Crippen LogP contribution in [0.25, 0.3) is 0 Å². The summed E-state index contributed by atoms with van der Waals surface area (Å²) in [7, 11) is 1.63. The van der Waals surface area contributed by atoms with Gasteiger partial charge in [-0.2, -0.15) is 0 Å². The van der Waals surface area contributed by atoms with E-state index in [1.807, 2.05) is 56.3 Å². The number of hydrogen-bond donors (Lipinski definition) is 1. The molecule has 0 saturated heterocycles. The van der Waals surface area contributed by atoms with Crippen molar-refractivity contribution >= 4 is 17.7 Å². The average molecular weight is 359 g/mol. The fourth-order valence-corrected chi connectivity index (χ4v) is 3.12. The van der Waals surface area contributed by atoms with Crippen molar-refractivity contribution in [2.75, 3.05) is 25.2 Å². The van der Waals surface area contributed by atoms with Gasteiger partial charge < -0.3 is 14.8 Å². The van der Waals surface area contributed by atoms with E-state index in [0.717, 1.165) is 33.9 Å². The van der Waals surface area contributed by atoms with Crippen LogP contribution < -0.4 is 14.8 Å². The predicted molar refractivity (Wildman–Crippen MR) is 104 cm³/mol. The third kappa shape index (κ3) is 6.02. The third-order valence-electron chi connectivity index (χ3n) is 3.78. The monoisotopic (exact) mass is 359 g/mol. The van der Waals surface area contributed by atoms with Crippen LogP contribution in [0.1, 0.15) is 16.7 Å². The molecule has 134 valence electrons. The van der Waals surface area contributed by atoms with E-state index in [2.05, 4.69) is 5.32 Å². The molecule has 0 aliphatic carbocycles. The van der Waals surface area contributed by atoms with Crippen molar-refractivity contribution in [3.63, 3.8) is 0 Å². The van der Waals surface area contributed by atoms with Crippen LogP contribution >= 0.6 is 11.8 Å². The number of hydrogen-bond acceptors (Lipinski definition) is 4. The second-order valence-corrected chi connectivity index (χ2v) is 6.82. The van der Waals surface area contributed by atoms with Gasteiger partial charge in [-0.05, 0) is 31.0 Å². The number of carbonyl (C=O) groups is 1. The fourth-order valence-electron chi connectivity index (χ4n) is 2.49. The van der Waals surface area contributed by atoms with Crippen LogP contribution in [0.3, 0.4) is 0 Å². The minimum Gasteiger partial charge on any atom is -0.496 e. The van der Waals surface area contributed by atoms with Crippen molar-refractivity contribution in [3.8, 4) is 11.5 Å². The summed E-state index contributed by atoms with van der Waals surface area (Å²) < 4.78 is 11.1. The number of rotatable bonds is 9. The van der Waals surface area contributed by atoms with Crippen LogP contribution in [-0.4, -0.2) is 31.1 Å². The number of carbonyl (C=O) groups excluding carboxylic acids is 1. The van der Waals surface area contributed by atoms with Crippen molar-refractivity contribution in [1.82, 2.24) is 5.32 Å². The number of ether oxygens (including phenoxy) is 2. The lowest BCUT2D eigenvalue weighted by atomic mass is 10.1.